The lowest BCUT2D eigenvalue weighted by Crippen LogP contribution is -2.60. The van der Waals surface area contributed by atoms with E-state index < -0.39 is 5.60 Å². The second-order valence-corrected chi connectivity index (χ2v) is 12.3. The van der Waals surface area contributed by atoms with Crippen molar-refractivity contribution < 1.29 is 5.11 Å². The molecule has 0 aromatic carbocycles. The minimum absolute atomic E-state index is 0.118. The molecule has 28 heavy (non-hydrogen) atoms. The highest BCUT2D eigenvalue weighted by Gasteiger charge is 2.63. The number of hydrogen-bond acceptors (Lipinski definition) is 1. The Labute approximate surface area is 174 Å². The van der Waals surface area contributed by atoms with E-state index in [2.05, 4.69) is 46.8 Å². The smallest absolute Gasteiger partial charge is 0.0741 e. The average Bonchev–Trinajstić information content (AvgIpc) is 2.99. The van der Waals surface area contributed by atoms with Crippen molar-refractivity contribution >= 4 is 0 Å². The van der Waals surface area contributed by atoms with Gasteiger partial charge in [-0.1, -0.05) is 66.0 Å². The molecule has 4 aliphatic rings. The molecule has 3 fully saturated rings. The van der Waals surface area contributed by atoms with Crippen LogP contribution in [0.4, 0.5) is 0 Å². The average molecular weight is 387 g/mol. The second kappa shape index (κ2) is 7.44. The second-order valence-electron chi connectivity index (χ2n) is 12.3. The van der Waals surface area contributed by atoms with Crippen molar-refractivity contribution in [3.8, 4) is 0 Å². The molecule has 0 aromatic rings. The van der Waals surface area contributed by atoms with E-state index in [1.165, 1.54) is 51.4 Å². The van der Waals surface area contributed by atoms with E-state index in [0.717, 1.165) is 54.8 Å². The van der Waals surface area contributed by atoms with Crippen LogP contribution in [0.15, 0.2) is 12.2 Å². The van der Waals surface area contributed by atoms with Crippen LogP contribution in [0, 0.1) is 46.3 Å². The number of fused-ring (bicyclic) bond motifs is 5. The largest absolute Gasteiger partial charge is 0.389 e. The van der Waals surface area contributed by atoms with Crippen molar-refractivity contribution in [2.75, 3.05) is 0 Å². The van der Waals surface area contributed by atoms with Crippen molar-refractivity contribution in [3.63, 3.8) is 0 Å². The summed E-state index contributed by atoms with van der Waals surface area (Å²) in [5.41, 5.74) is 0.250. The lowest BCUT2D eigenvalue weighted by atomic mass is 9.44. The molecular weight excluding hydrogens is 340 g/mol. The van der Waals surface area contributed by atoms with Gasteiger partial charge in [-0.25, -0.2) is 0 Å². The molecule has 3 saturated carbocycles. The highest BCUT2D eigenvalue weighted by Crippen LogP contribution is 2.68. The Bertz CT molecular complexity index is 593. The summed E-state index contributed by atoms with van der Waals surface area (Å²) < 4.78 is 0. The molecule has 1 heteroatoms. The van der Waals surface area contributed by atoms with Gasteiger partial charge >= 0.3 is 0 Å². The SMILES string of the molecule is CC(C)CCCC(C)C1CCC2C3CCC4(O)CC=CCC4(C)C3CCC12C. The molecule has 1 N–H and O–H groups in total. The van der Waals surface area contributed by atoms with Crippen LogP contribution in [-0.2, 0) is 0 Å². The molecular formula is C27H46O. The summed E-state index contributed by atoms with van der Waals surface area (Å²) in [6, 6.07) is 0. The zero-order valence-corrected chi connectivity index (χ0v) is 19.3. The van der Waals surface area contributed by atoms with Gasteiger partial charge in [0.2, 0.25) is 0 Å². The molecule has 0 bridgehead atoms. The molecule has 0 aromatic heterocycles. The van der Waals surface area contributed by atoms with Gasteiger partial charge in [-0.2, -0.15) is 0 Å². The van der Waals surface area contributed by atoms with Gasteiger partial charge in [0.05, 0.1) is 5.60 Å². The molecule has 0 amide bonds. The highest BCUT2D eigenvalue weighted by molar-refractivity contribution is 5.17. The summed E-state index contributed by atoms with van der Waals surface area (Å²) in [6.07, 6.45) is 18.9. The van der Waals surface area contributed by atoms with Gasteiger partial charge in [0.1, 0.15) is 0 Å². The number of aliphatic hydroxyl groups is 1. The fraction of sp³-hybridized carbons (Fsp3) is 0.926. The summed E-state index contributed by atoms with van der Waals surface area (Å²) >= 11 is 0. The van der Waals surface area contributed by atoms with Gasteiger partial charge in [0.15, 0.2) is 0 Å². The number of allylic oxidation sites excluding steroid dienone is 1. The first kappa shape index (κ1) is 21.0. The van der Waals surface area contributed by atoms with Gasteiger partial charge in [0.25, 0.3) is 0 Å². The quantitative estimate of drug-likeness (QED) is 0.488. The third-order valence-corrected chi connectivity index (χ3v) is 10.6. The van der Waals surface area contributed by atoms with E-state index in [1.807, 2.05) is 0 Å². The van der Waals surface area contributed by atoms with Gasteiger partial charge in [-0.05, 0) is 92.3 Å². The predicted molar refractivity (Wildman–Crippen MR) is 119 cm³/mol. The molecule has 0 aliphatic heterocycles. The van der Waals surface area contributed by atoms with Crippen LogP contribution in [0.2, 0.25) is 0 Å². The first-order chi connectivity index (χ1) is 13.2. The molecule has 160 valence electrons. The van der Waals surface area contributed by atoms with Crippen LogP contribution < -0.4 is 0 Å². The molecule has 0 spiro atoms. The maximum Gasteiger partial charge on any atom is 0.0741 e. The Morgan fingerprint density at radius 1 is 0.893 bits per heavy atom. The topological polar surface area (TPSA) is 20.2 Å². The minimum Gasteiger partial charge on any atom is -0.389 e. The standard InChI is InChI=1S/C27H46O/c1-19(2)9-8-10-20(3)22-11-12-23-21-13-18-27(28)16-7-6-15-26(27,5)24(21)14-17-25(22,23)4/h6-7,19-24,28H,8-18H2,1-5H3. The van der Waals surface area contributed by atoms with Crippen LogP contribution in [-0.4, -0.2) is 10.7 Å². The molecule has 1 nitrogen and oxygen atoms in total. The van der Waals surface area contributed by atoms with E-state index >= 15 is 0 Å². The zero-order valence-electron chi connectivity index (χ0n) is 19.3. The van der Waals surface area contributed by atoms with Crippen molar-refractivity contribution in [1.82, 2.24) is 0 Å². The summed E-state index contributed by atoms with van der Waals surface area (Å²) in [4.78, 5) is 0. The lowest BCUT2D eigenvalue weighted by molar-refractivity contribution is -0.188. The minimum atomic E-state index is -0.432. The first-order valence-electron chi connectivity index (χ1n) is 12.6. The van der Waals surface area contributed by atoms with Gasteiger partial charge < -0.3 is 5.11 Å². The van der Waals surface area contributed by atoms with Gasteiger partial charge in [-0.3, -0.25) is 0 Å². The van der Waals surface area contributed by atoms with E-state index in [1.54, 1.807) is 0 Å². The Balaban J connectivity index is 1.50. The monoisotopic (exact) mass is 386 g/mol. The van der Waals surface area contributed by atoms with E-state index in [9.17, 15) is 5.11 Å². The van der Waals surface area contributed by atoms with E-state index in [-0.39, 0.29) is 5.41 Å². The molecule has 4 aliphatic carbocycles. The van der Waals surface area contributed by atoms with Gasteiger partial charge in [-0.15, -0.1) is 0 Å². The van der Waals surface area contributed by atoms with E-state index in [0.29, 0.717) is 5.41 Å². The maximum atomic E-state index is 11.5. The third kappa shape index (κ3) is 3.14. The van der Waals surface area contributed by atoms with Gasteiger partial charge in [0, 0.05) is 5.41 Å². The Hall–Kier alpha value is -0.300. The molecule has 0 radical (unpaired) electrons. The Kier molecular flexibility index (Phi) is 5.56. The third-order valence-electron chi connectivity index (χ3n) is 10.6. The molecule has 8 atom stereocenters. The molecule has 4 rings (SSSR count). The fourth-order valence-corrected chi connectivity index (χ4v) is 8.82. The zero-order chi connectivity index (χ0) is 20.2. The molecule has 8 unspecified atom stereocenters. The van der Waals surface area contributed by atoms with Crippen molar-refractivity contribution in [3.05, 3.63) is 12.2 Å². The maximum absolute atomic E-state index is 11.5. The first-order valence-corrected chi connectivity index (χ1v) is 12.6. The van der Waals surface area contributed by atoms with Crippen LogP contribution in [0.3, 0.4) is 0 Å². The van der Waals surface area contributed by atoms with Crippen molar-refractivity contribution in [2.24, 2.45) is 46.3 Å². The summed E-state index contributed by atoms with van der Waals surface area (Å²) in [7, 11) is 0. The van der Waals surface area contributed by atoms with Crippen LogP contribution >= 0.6 is 0 Å². The van der Waals surface area contributed by atoms with E-state index in [4.69, 9.17) is 0 Å². The normalized spacial score (nSPS) is 48.8. The van der Waals surface area contributed by atoms with Crippen LogP contribution in [0.25, 0.3) is 0 Å². The Morgan fingerprint density at radius 2 is 1.64 bits per heavy atom. The molecule has 0 saturated heterocycles. The van der Waals surface area contributed by atoms with Crippen molar-refractivity contribution in [1.29, 1.82) is 0 Å². The predicted octanol–water partition coefficient (Wildman–Crippen LogP) is 7.39. The Morgan fingerprint density at radius 3 is 2.39 bits per heavy atom. The summed E-state index contributed by atoms with van der Waals surface area (Å²) in [5, 5.41) is 11.5. The number of hydrogen-bond donors (Lipinski definition) is 1. The van der Waals surface area contributed by atoms with Crippen molar-refractivity contribution in [2.45, 2.75) is 111 Å². The lowest BCUT2D eigenvalue weighted by Gasteiger charge is -2.63. The summed E-state index contributed by atoms with van der Waals surface area (Å²) in [6.45, 7) is 12.4. The van der Waals surface area contributed by atoms with Crippen LogP contribution in [0.1, 0.15) is 105 Å². The number of rotatable bonds is 5. The summed E-state index contributed by atoms with van der Waals surface area (Å²) in [5.74, 6) is 5.19. The van der Waals surface area contributed by atoms with Crippen LogP contribution in [0.5, 0.6) is 0 Å². The fourth-order valence-electron chi connectivity index (χ4n) is 8.82. The highest BCUT2D eigenvalue weighted by atomic mass is 16.3. The molecule has 0 heterocycles.